The lowest BCUT2D eigenvalue weighted by Gasteiger charge is -2.21. The SMILES string of the molecule is COC(=O)C1CCn2c(Cc3c[nH]c4ccccc34)nnc2C1. The summed E-state index contributed by atoms with van der Waals surface area (Å²) in [4.78, 5) is 15.0. The smallest absolute Gasteiger partial charge is 0.309 e. The van der Waals surface area contributed by atoms with Crippen LogP contribution >= 0.6 is 0 Å². The molecule has 0 fully saturated rings. The zero-order chi connectivity index (χ0) is 15.8. The highest BCUT2D eigenvalue weighted by Crippen LogP contribution is 2.24. The Kier molecular flexibility index (Phi) is 3.37. The van der Waals surface area contributed by atoms with Crippen molar-refractivity contribution in [3.8, 4) is 0 Å². The van der Waals surface area contributed by atoms with Crippen molar-refractivity contribution in [3.05, 3.63) is 47.7 Å². The lowest BCUT2D eigenvalue weighted by molar-refractivity contribution is -0.146. The summed E-state index contributed by atoms with van der Waals surface area (Å²) in [6.07, 6.45) is 4.15. The molecular formula is C17H18N4O2. The predicted octanol–water partition coefficient (Wildman–Crippen LogP) is 2.09. The number of methoxy groups -OCH3 is 1. The Bertz CT molecular complexity index is 864. The molecule has 1 N–H and O–H groups in total. The van der Waals surface area contributed by atoms with Crippen molar-refractivity contribution in [2.75, 3.05) is 7.11 Å². The third kappa shape index (κ3) is 2.40. The van der Waals surface area contributed by atoms with Crippen LogP contribution in [0.25, 0.3) is 10.9 Å². The monoisotopic (exact) mass is 310 g/mol. The number of carbonyl (C=O) groups is 1. The number of nitrogens with zero attached hydrogens (tertiary/aromatic N) is 3. The number of rotatable bonds is 3. The van der Waals surface area contributed by atoms with Gasteiger partial charge in [-0.25, -0.2) is 0 Å². The lowest BCUT2D eigenvalue weighted by Crippen LogP contribution is -2.27. The maximum Gasteiger partial charge on any atom is 0.309 e. The van der Waals surface area contributed by atoms with Crippen molar-refractivity contribution < 1.29 is 9.53 Å². The molecule has 4 rings (SSSR count). The zero-order valence-corrected chi connectivity index (χ0v) is 13.0. The van der Waals surface area contributed by atoms with Crippen molar-refractivity contribution in [3.63, 3.8) is 0 Å². The molecule has 1 aliphatic heterocycles. The second-order valence-electron chi connectivity index (χ2n) is 5.93. The first-order chi connectivity index (χ1) is 11.3. The number of nitrogens with one attached hydrogen (secondary N) is 1. The van der Waals surface area contributed by atoms with E-state index in [4.69, 9.17) is 4.74 Å². The third-order valence-electron chi connectivity index (χ3n) is 4.59. The maximum absolute atomic E-state index is 11.7. The molecule has 6 nitrogen and oxygen atoms in total. The van der Waals surface area contributed by atoms with E-state index in [2.05, 4.69) is 31.9 Å². The van der Waals surface area contributed by atoms with Crippen molar-refractivity contribution in [1.82, 2.24) is 19.7 Å². The number of fused-ring (bicyclic) bond motifs is 2. The van der Waals surface area contributed by atoms with Gasteiger partial charge in [0.2, 0.25) is 0 Å². The van der Waals surface area contributed by atoms with E-state index in [1.807, 2.05) is 18.3 Å². The molecule has 3 heterocycles. The number of ether oxygens (including phenoxy) is 1. The molecule has 0 aliphatic carbocycles. The Balaban J connectivity index is 1.60. The van der Waals surface area contributed by atoms with Crippen LogP contribution in [0.5, 0.6) is 0 Å². The lowest BCUT2D eigenvalue weighted by atomic mass is 9.98. The van der Waals surface area contributed by atoms with Gasteiger partial charge in [-0.05, 0) is 18.1 Å². The second kappa shape index (κ2) is 5.53. The van der Waals surface area contributed by atoms with Crippen LogP contribution in [-0.2, 0) is 28.9 Å². The number of benzene rings is 1. The van der Waals surface area contributed by atoms with Crippen LogP contribution in [0.2, 0.25) is 0 Å². The fraction of sp³-hybridized carbons (Fsp3) is 0.353. The van der Waals surface area contributed by atoms with Crippen LogP contribution in [0.3, 0.4) is 0 Å². The first kappa shape index (κ1) is 14.0. The number of aromatic amines is 1. The molecule has 2 aromatic heterocycles. The topological polar surface area (TPSA) is 72.8 Å². The number of para-hydroxylation sites is 1. The fourth-order valence-corrected chi connectivity index (χ4v) is 3.34. The van der Waals surface area contributed by atoms with Gasteiger partial charge < -0.3 is 14.3 Å². The van der Waals surface area contributed by atoms with E-state index in [1.165, 1.54) is 18.1 Å². The van der Waals surface area contributed by atoms with E-state index in [1.54, 1.807) is 0 Å². The van der Waals surface area contributed by atoms with Crippen LogP contribution in [0.1, 0.15) is 23.6 Å². The van der Waals surface area contributed by atoms with Gasteiger partial charge in [0.05, 0.1) is 13.0 Å². The molecule has 1 aliphatic rings. The van der Waals surface area contributed by atoms with E-state index in [0.717, 1.165) is 36.6 Å². The van der Waals surface area contributed by atoms with Crippen LogP contribution in [0, 0.1) is 5.92 Å². The Hall–Kier alpha value is -2.63. The molecule has 0 amide bonds. The number of H-pyrrole nitrogens is 1. The Morgan fingerprint density at radius 2 is 2.26 bits per heavy atom. The van der Waals surface area contributed by atoms with Gasteiger partial charge in [0.25, 0.3) is 0 Å². The summed E-state index contributed by atoms with van der Waals surface area (Å²) in [5, 5.41) is 9.84. The highest BCUT2D eigenvalue weighted by atomic mass is 16.5. The Morgan fingerprint density at radius 3 is 3.13 bits per heavy atom. The van der Waals surface area contributed by atoms with Gasteiger partial charge in [0, 0.05) is 36.5 Å². The molecule has 0 saturated heterocycles. The standard InChI is InChI=1S/C17H18N4O2/c1-23-17(22)11-6-7-21-15(8-11)19-20-16(21)9-12-10-18-14-5-3-2-4-13(12)14/h2-5,10-11,18H,6-9H2,1H3. The first-order valence-corrected chi connectivity index (χ1v) is 7.80. The average Bonchev–Trinajstić information content (AvgIpc) is 3.19. The highest BCUT2D eigenvalue weighted by molar-refractivity contribution is 5.83. The van der Waals surface area contributed by atoms with Crippen molar-refractivity contribution in [1.29, 1.82) is 0 Å². The largest absolute Gasteiger partial charge is 0.469 e. The minimum absolute atomic E-state index is 0.0994. The quantitative estimate of drug-likeness (QED) is 0.752. The van der Waals surface area contributed by atoms with Gasteiger partial charge in [-0.1, -0.05) is 18.2 Å². The van der Waals surface area contributed by atoms with Crippen molar-refractivity contribution in [2.45, 2.75) is 25.8 Å². The minimum atomic E-state index is -0.155. The molecular weight excluding hydrogens is 292 g/mol. The zero-order valence-electron chi connectivity index (χ0n) is 13.0. The number of aromatic nitrogens is 4. The summed E-state index contributed by atoms with van der Waals surface area (Å²) in [6.45, 7) is 0.764. The van der Waals surface area contributed by atoms with Gasteiger partial charge >= 0.3 is 5.97 Å². The van der Waals surface area contributed by atoms with E-state index < -0.39 is 0 Å². The van der Waals surface area contributed by atoms with Crippen LogP contribution in [-0.4, -0.2) is 32.8 Å². The molecule has 1 unspecified atom stereocenters. The molecule has 23 heavy (non-hydrogen) atoms. The van der Waals surface area contributed by atoms with E-state index in [-0.39, 0.29) is 11.9 Å². The third-order valence-corrected chi connectivity index (χ3v) is 4.59. The maximum atomic E-state index is 11.7. The molecule has 1 atom stereocenters. The minimum Gasteiger partial charge on any atom is -0.469 e. The molecule has 0 spiro atoms. The Labute approximate surface area is 133 Å². The molecule has 1 aromatic carbocycles. The van der Waals surface area contributed by atoms with E-state index in [0.29, 0.717) is 6.42 Å². The molecule has 0 saturated carbocycles. The molecule has 3 aromatic rings. The van der Waals surface area contributed by atoms with Gasteiger partial charge in [0.1, 0.15) is 11.6 Å². The number of hydrogen-bond acceptors (Lipinski definition) is 4. The summed E-state index contributed by atoms with van der Waals surface area (Å²) < 4.78 is 6.98. The highest BCUT2D eigenvalue weighted by Gasteiger charge is 2.28. The van der Waals surface area contributed by atoms with E-state index in [9.17, 15) is 4.79 Å². The second-order valence-corrected chi connectivity index (χ2v) is 5.93. The molecule has 0 radical (unpaired) electrons. The van der Waals surface area contributed by atoms with E-state index >= 15 is 0 Å². The van der Waals surface area contributed by atoms with Crippen LogP contribution in [0.4, 0.5) is 0 Å². The summed E-state index contributed by atoms with van der Waals surface area (Å²) in [5.74, 6) is 1.57. The van der Waals surface area contributed by atoms with Gasteiger partial charge in [-0.15, -0.1) is 10.2 Å². The number of esters is 1. The predicted molar refractivity (Wildman–Crippen MR) is 85.0 cm³/mol. The number of hydrogen-bond donors (Lipinski definition) is 1. The van der Waals surface area contributed by atoms with Crippen LogP contribution in [0.15, 0.2) is 30.5 Å². The van der Waals surface area contributed by atoms with Crippen LogP contribution < -0.4 is 0 Å². The first-order valence-electron chi connectivity index (χ1n) is 7.80. The van der Waals surface area contributed by atoms with Gasteiger partial charge in [0.15, 0.2) is 0 Å². The summed E-state index contributed by atoms with van der Waals surface area (Å²) in [6, 6.07) is 8.25. The molecule has 6 heteroatoms. The Morgan fingerprint density at radius 1 is 1.39 bits per heavy atom. The summed E-state index contributed by atoms with van der Waals surface area (Å²) in [5.41, 5.74) is 2.34. The average molecular weight is 310 g/mol. The number of carbonyl (C=O) groups excluding carboxylic acids is 1. The van der Waals surface area contributed by atoms with Crippen molar-refractivity contribution >= 4 is 16.9 Å². The summed E-state index contributed by atoms with van der Waals surface area (Å²) >= 11 is 0. The fourth-order valence-electron chi connectivity index (χ4n) is 3.34. The molecule has 118 valence electrons. The molecule has 0 bridgehead atoms. The van der Waals surface area contributed by atoms with Crippen molar-refractivity contribution in [2.24, 2.45) is 5.92 Å². The van der Waals surface area contributed by atoms with Gasteiger partial charge in [-0.2, -0.15) is 0 Å². The normalized spacial score (nSPS) is 17.2. The summed E-state index contributed by atoms with van der Waals surface area (Å²) in [7, 11) is 1.43. The van der Waals surface area contributed by atoms with Gasteiger partial charge in [-0.3, -0.25) is 4.79 Å².